The number of benzene rings is 12. The number of furan rings is 3. The van der Waals surface area contributed by atoms with Crippen molar-refractivity contribution in [2.75, 3.05) is 4.90 Å². The van der Waals surface area contributed by atoms with Crippen LogP contribution in [0.3, 0.4) is 0 Å². The average molecular weight is 1200 g/mol. The van der Waals surface area contributed by atoms with Gasteiger partial charge < -0.3 is 18.2 Å². The maximum atomic E-state index is 7.12. The predicted octanol–water partition coefficient (Wildman–Crippen LogP) is 24.7. The van der Waals surface area contributed by atoms with Crippen molar-refractivity contribution >= 4 is 82.9 Å². The molecule has 0 amide bonds. The molecular formula is C89H69NO3. The van der Waals surface area contributed by atoms with Gasteiger partial charge in [-0.25, -0.2) is 0 Å². The third kappa shape index (κ3) is 6.52. The highest BCUT2D eigenvalue weighted by Crippen LogP contribution is 2.65. The fourth-order valence-electron chi connectivity index (χ4n) is 19.0. The van der Waals surface area contributed by atoms with Gasteiger partial charge in [0.05, 0.1) is 0 Å². The molecule has 20 rings (SSSR count). The number of hydrogen-bond acceptors (Lipinski definition) is 4. The molecule has 15 aromatic rings. The number of para-hydroxylation sites is 3. The predicted molar refractivity (Wildman–Crippen MR) is 386 cm³/mol. The largest absolute Gasteiger partial charge is 0.456 e. The van der Waals surface area contributed by atoms with Crippen LogP contribution in [0.4, 0.5) is 17.1 Å². The van der Waals surface area contributed by atoms with E-state index in [0.29, 0.717) is 0 Å². The van der Waals surface area contributed by atoms with E-state index in [0.717, 1.165) is 66.9 Å². The maximum absolute atomic E-state index is 7.12. The van der Waals surface area contributed by atoms with Crippen LogP contribution in [0.2, 0.25) is 0 Å². The quantitative estimate of drug-likeness (QED) is 0.176. The molecule has 4 heteroatoms. The molecule has 3 aromatic heterocycles. The van der Waals surface area contributed by atoms with Gasteiger partial charge in [0.15, 0.2) is 0 Å². The fraction of sp³-hybridized carbons (Fsp3) is 0.191. The summed E-state index contributed by atoms with van der Waals surface area (Å²) in [5, 5.41) is 7.10. The number of rotatable bonds is 4. The first-order chi connectivity index (χ1) is 44.7. The highest BCUT2D eigenvalue weighted by molar-refractivity contribution is 6.22. The molecule has 3 heterocycles. The Morgan fingerprint density at radius 1 is 0.269 bits per heavy atom. The maximum Gasteiger partial charge on any atom is 0.144 e. The van der Waals surface area contributed by atoms with Crippen molar-refractivity contribution in [2.24, 2.45) is 0 Å². The lowest BCUT2D eigenvalue weighted by Gasteiger charge is -2.32. The molecule has 93 heavy (non-hydrogen) atoms. The van der Waals surface area contributed by atoms with E-state index in [-0.39, 0.29) is 21.7 Å². The van der Waals surface area contributed by atoms with Crippen molar-refractivity contribution in [1.82, 2.24) is 0 Å². The second-order valence-electron chi connectivity index (χ2n) is 30.4. The van der Waals surface area contributed by atoms with Crippen molar-refractivity contribution < 1.29 is 13.3 Å². The lowest BCUT2D eigenvalue weighted by Crippen LogP contribution is -2.24. The summed E-state index contributed by atoms with van der Waals surface area (Å²) in [6.45, 7) is 28.8. The Morgan fingerprint density at radius 3 is 1.40 bits per heavy atom. The van der Waals surface area contributed by atoms with Crippen LogP contribution in [0.1, 0.15) is 136 Å². The zero-order valence-corrected chi connectivity index (χ0v) is 54.7. The molecule has 0 spiro atoms. The SMILES string of the molecule is Cc1ccc(-c2cc3c(c4c2oc2ccccc24)-c2ccc(N(c4ccc5c(c4)C(C)(C)c4cc6c(cc4-5)C(C)(C)c4ccc5oc7ccccc7c5c4-6)c4ccc5c(c4)C(C)(C)c4c6c(c7oc8ccccc8c7c4-5)-c4ccccc4C6(C)C)cc2C3(C)C)c(C)c1. The van der Waals surface area contributed by atoms with Crippen molar-refractivity contribution in [3.63, 3.8) is 0 Å². The summed E-state index contributed by atoms with van der Waals surface area (Å²) < 4.78 is 20.7. The van der Waals surface area contributed by atoms with Gasteiger partial charge in [-0.15, -0.1) is 0 Å². The summed E-state index contributed by atoms with van der Waals surface area (Å²) in [6.07, 6.45) is 0. The number of fused-ring (bicyclic) bond motifs is 29. The summed E-state index contributed by atoms with van der Waals surface area (Å²) in [5.41, 5.74) is 38.6. The summed E-state index contributed by atoms with van der Waals surface area (Å²) in [5.74, 6) is 0. The van der Waals surface area contributed by atoms with E-state index >= 15 is 0 Å². The van der Waals surface area contributed by atoms with Crippen LogP contribution in [0.15, 0.2) is 213 Å². The summed E-state index contributed by atoms with van der Waals surface area (Å²) in [4.78, 5) is 2.58. The van der Waals surface area contributed by atoms with Gasteiger partial charge in [0.1, 0.15) is 33.5 Å². The highest BCUT2D eigenvalue weighted by Gasteiger charge is 2.50. The summed E-state index contributed by atoms with van der Waals surface area (Å²) in [7, 11) is 0. The molecule has 0 saturated heterocycles. The Bertz CT molecular complexity index is 6000. The Kier molecular flexibility index (Phi) is 9.95. The van der Waals surface area contributed by atoms with Gasteiger partial charge in [-0.3, -0.25) is 0 Å². The van der Waals surface area contributed by atoms with Crippen LogP contribution < -0.4 is 4.90 Å². The van der Waals surface area contributed by atoms with Gasteiger partial charge in [0.25, 0.3) is 0 Å². The van der Waals surface area contributed by atoms with Gasteiger partial charge in [-0.05, 0) is 210 Å². The van der Waals surface area contributed by atoms with Crippen molar-refractivity contribution in [2.45, 2.75) is 110 Å². The van der Waals surface area contributed by atoms with E-state index < -0.39 is 5.41 Å². The molecular weight excluding hydrogens is 1130 g/mol. The Hall–Kier alpha value is -10.2. The van der Waals surface area contributed by atoms with E-state index in [9.17, 15) is 0 Å². The van der Waals surface area contributed by atoms with Crippen LogP contribution in [0.25, 0.3) is 133 Å². The zero-order valence-electron chi connectivity index (χ0n) is 54.7. The normalized spacial score (nSPS) is 16.4. The van der Waals surface area contributed by atoms with E-state index in [1.165, 1.54) is 150 Å². The molecule has 0 N–H and O–H groups in total. The summed E-state index contributed by atoms with van der Waals surface area (Å²) >= 11 is 0. The Balaban J connectivity index is 0.806. The monoisotopic (exact) mass is 1200 g/mol. The second-order valence-corrected chi connectivity index (χ2v) is 30.4. The van der Waals surface area contributed by atoms with Crippen molar-refractivity contribution in [3.05, 3.63) is 267 Å². The fourth-order valence-corrected chi connectivity index (χ4v) is 19.0. The standard InChI is InChI=1S/C89H69NO3/c1-46-29-33-51(47(2)39-46)60-44-69-74(78-57-23-15-19-27-71(57)92-83(60)78)54-35-31-49(41-65(54)87(69,7)8)90(48-30-34-52-59-43-68-61(45-67(59)86(5,6)64(52)40-48)75-63(85(68,3)4)37-38-73-76(75)56-22-14-18-26-70(56)91-73)50-32-36-55-66(42-50)89(11,12)81-77(55)79-58-24-16-20-28-72(58)93-84(79)80-53-21-13-17-25-62(53)88(9,10)82(80)81/h13-45H,1-12H3. The molecule has 0 saturated carbocycles. The molecule has 12 aromatic carbocycles. The first-order valence-corrected chi connectivity index (χ1v) is 33.3. The third-order valence-electron chi connectivity index (χ3n) is 23.6. The van der Waals surface area contributed by atoms with E-state index in [2.05, 4.69) is 288 Å². The molecule has 0 radical (unpaired) electrons. The lowest BCUT2D eigenvalue weighted by atomic mass is 9.72. The molecule has 0 fully saturated rings. The number of aryl methyl sites for hydroxylation is 2. The first kappa shape index (κ1) is 53.5. The molecule has 448 valence electrons. The minimum Gasteiger partial charge on any atom is -0.456 e. The molecule has 0 aliphatic heterocycles. The Labute approximate surface area is 541 Å². The number of nitrogens with zero attached hydrogens (tertiary/aromatic N) is 1. The Morgan fingerprint density at radius 2 is 0.720 bits per heavy atom. The second kappa shape index (κ2) is 17.3. The first-order valence-electron chi connectivity index (χ1n) is 33.3. The van der Waals surface area contributed by atoms with E-state index in [4.69, 9.17) is 13.3 Å². The smallest absolute Gasteiger partial charge is 0.144 e. The number of hydrogen-bond donors (Lipinski definition) is 0. The molecule has 0 bridgehead atoms. The zero-order chi connectivity index (χ0) is 63.0. The van der Waals surface area contributed by atoms with E-state index in [1.54, 1.807) is 0 Å². The topological polar surface area (TPSA) is 42.7 Å². The summed E-state index contributed by atoms with van der Waals surface area (Å²) in [6, 6.07) is 75.9. The molecule has 4 nitrogen and oxygen atoms in total. The molecule has 5 aliphatic rings. The lowest BCUT2D eigenvalue weighted by molar-refractivity contribution is 0.600. The van der Waals surface area contributed by atoms with E-state index in [1.807, 2.05) is 0 Å². The average Bonchev–Trinajstić information content (AvgIpc) is 1.51. The van der Waals surface area contributed by atoms with Crippen molar-refractivity contribution in [3.8, 4) is 66.8 Å². The molecule has 5 aliphatic carbocycles. The van der Waals surface area contributed by atoms with Gasteiger partial charge in [0.2, 0.25) is 0 Å². The van der Waals surface area contributed by atoms with Crippen LogP contribution >= 0.6 is 0 Å². The van der Waals surface area contributed by atoms with Crippen LogP contribution in [0.5, 0.6) is 0 Å². The van der Waals surface area contributed by atoms with Crippen LogP contribution in [-0.2, 0) is 27.1 Å². The van der Waals surface area contributed by atoms with Gasteiger partial charge in [-0.1, -0.05) is 196 Å². The van der Waals surface area contributed by atoms with Gasteiger partial charge >= 0.3 is 0 Å². The molecule has 0 atom stereocenters. The van der Waals surface area contributed by atoms with Crippen LogP contribution in [-0.4, -0.2) is 0 Å². The molecule has 0 unspecified atom stereocenters. The van der Waals surface area contributed by atoms with Crippen LogP contribution in [0, 0.1) is 13.8 Å². The highest BCUT2D eigenvalue weighted by atomic mass is 16.3. The number of anilines is 3. The minimum absolute atomic E-state index is 0.216. The third-order valence-corrected chi connectivity index (χ3v) is 23.6. The van der Waals surface area contributed by atoms with Crippen molar-refractivity contribution in [1.29, 1.82) is 0 Å². The minimum atomic E-state index is -0.390. The van der Waals surface area contributed by atoms with Gasteiger partial charge in [-0.2, -0.15) is 0 Å². The van der Waals surface area contributed by atoms with Gasteiger partial charge in [0, 0.05) is 87.6 Å².